The number of aromatic nitrogens is 2. The van der Waals surface area contributed by atoms with Crippen LogP contribution >= 0.6 is 23.1 Å². The predicted molar refractivity (Wildman–Crippen MR) is 89.1 cm³/mol. The molecular weight excluding hydrogens is 379 g/mol. The smallest absolute Gasteiger partial charge is 0.405 e. The Bertz CT molecular complexity index is 738. The van der Waals surface area contributed by atoms with Crippen molar-refractivity contribution in [1.29, 1.82) is 0 Å². The number of alkyl halides is 3. The summed E-state index contributed by atoms with van der Waals surface area (Å²) in [6, 6.07) is 4.81. The lowest BCUT2D eigenvalue weighted by atomic mass is 10.1. The van der Waals surface area contributed by atoms with Crippen molar-refractivity contribution < 1.29 is 27.4 Å². The maximum Gasteiger partial charge on any atom is 0.405 e. The first-order valence-electron chi connectivity index (χ1n) is 6.84. The van der Waals surface area contributed by atoms with Crippen LogP contribution in [-0.4, -0.2) is 48.7 Å². The first-order chi connectivity index (χ1) is 11.8. The average molecular weight is 393 g/mol. The molecule has 0 saturated heterocycles. The minimum Gasteiger partial charge on any atom is -0.493 e. The molecule has 0 fully saturated rings. The van der Waals surface area contributed by atoms with Gasteiger partial charge < -0.3 is 14.8 Å². The van der Waals surface area contributed by atoms with Crippen LogP contribution in [0.25, 0.3) is 0 Å². The second kappa shape index (κ2) is 8.39. The van der Waals surface area contributed by atoms with Crippen molar-refractivity contribution in [2.24, 2.45) is 0 Å². The lowest BCUT2D eigenvalue weighted by Gasteiger charge is -2.08. The van der Waals surface area contributed by atoms with E-state index in [1.165, 1.54) is 14.2 Å². The zero-order chi connectivity index (χ0) is 18.4. The standard InChI is InChI=1S/C14H14F3N3O3S2/c1-22-10-4-3-8(5-11(10)23-2)9(21)6-24-13-20-19-12(25-13)18-7-14(15,16)17/h3-5H,6-7H2,1-2H3,(H,18,19). The van der Waals surface area contributed by atoms with E-state index < -0.39 is 12.7 Å². The number of ketones is 1. The number of carbonyl (C=O) groups excluding carboxylic acids is 1. The summed E-state index contributed by atoms with van der Waals surface area (Å²) in [6.07, 6.45) is -4.33. The number of benzene rings is 1. The minimum absolute atomic E-state index is 0.0541. The van der Waals surface area contributed by atoms with E-state index in [-0.39, 0.29) is 16.7 Å². The van der Waals surface area contributed by atoms with Crippen molar-refractivity contribution in [3.8, 4) is 11.5 Å². The van der Waals surface area contributed by atoms with Crippen LogP contribution in [0.2, 0.25) is 0 Å². The van der Waals surface area contributed by atoms with Gasteiger partial charge in [0.2, 0.25) is 5.13 Å². The van der Waals surface area contributed by atoms with Crippen LogP contribution in [0.3, 0.4) is 0 Å². The molecule has 1 aromatic heterocycles. The first-order valence-corrected chi connectivity index (χ1v) is 8.64. The normalized spacial score (nSPS) is 11.2. The molecule has 0 atom stereocenters. The van der Waals surface area contributed by atoms with Gasteiger partial charge in [-0.3, -0.25) is 4.79 Å². The topological polar surface area (TPSA) is 73.3 Å². The molecule has 0 aliphatic carbocycles. The first kappa shape index (κ1) is 19.3. The van der Waals surface area contributed by atoms with Crippen molar-refractivity contribution >= 4 is 34.0 Å². The number of nitrogens with zero attached hydrogens (tertiary/aromatic N) is 2. The molecule has 1 aromatic carbocycles. The predicted octanol–water partition coefficient (Wildman–Crippen LogP) is 3.50. The minimum atomic E-state index is -4.33. The van der Waals surface area contributed by atoms with Crippen molar-refractivity contribution in [3.05, 3.63) is 23.8 Å². The molecule has 0 unspecified atom stereocenters. The number of nitrogens with one attached hydrogen (secondary N) is 1. The summed E-state index contributed by atoms with van der Waals surface area (Å²) < 4.78 is 47.0. The highest BCUT2D eigenvalue weighted by Gasteiger charge is 2.27. The van der Waals surface area contributed by atoms with Crippen molar-refractivity contribution in [2.75, 3.05) is 31.8 Å². The highest BCUT2D eigenvalue weighted by molar-refractivity contribution is 8.01. The summed E-state index contributed by atoms with van der Waals surface area (Å²) in [6.45, 7) is -1.18. The van der Waals surface area contributed by atoms with Gasteiger partial charge in [0.15, 0.2) is 21.6 Å². The Labute approximate surface area is 149 Å². The summed E-state index contributed by atoms with van der Waals surface area (Å²) in [5.74, 6) is 0.846. The van der Waals surface area contributed by atoms with E-state index in [9.17, 15) is 18.0 Å². The summed E-state index contributed by atoms with van der Waals surface area (Å²) >= 11 is 2.06. The molecule has 0 amide bonds. The molecule has 0 spiro atoms. The molecule has 0 radical (unpaired) electrons. The molecule has 1 N–H and O–H groups in total. The third-order valence-electron chi connectivity index (χ3n) is 2.88. The second-order valence-corrected chi connectivity index (χ2v) is 6.82. The van der Waals surface area contributed by atoms with Crippen molar-refractivity contribution in [2.45, 2.75) is 10.5 Å². The fourth-order valence-corrected chi connectivity index (χ4v) is 3.38. The quantitative estimate of drug-likeness (QED) is 0.543. The van der Waals surface area contributed by atoms with Crippen LogP contribution in [0.4, 0.5) is 18.3 Å². The number of anilines is 1. The molecule has 0 aliphatic heterocycles. The Hall–Kier alpha value is -2.01. The molecule has 0 aliphatic rings. The van der Waals surface area contributed by atoms with Crippen LogP contribution in [0, 0.1) is 0 Å². The molecular formula is C14H14F3N3O3S2. The molecule has 0 bridgehead atoms. The van der Waals surface area contributed by atoms with Crippen molar-refractivity contribution in [1.82, 2.24) is 10.2 Å². The van der Waals surface area contributed by atoms with Gasteiger partial charge in [-0.15, -0.1) is 10.2 Å². The number of ether oxygens (including phenoxy) is 2. The van der Waals surface area contributed by atoms with Gasteiger partial charge in [-0.2, -0.15) is 13.2 Å². The molecule has 11 heteroatoms. The molecule has 0 saturated carbocycles. The summed E-state index contributed by atoms with van der Waals surface area (Å²) in [4.78, 5) is 12.2. The molecule has 2 aromatic rings. The number of rotatable bonds is 8. The summed E-state index contributed by atoms with van der Waals surface area (Å²) in [5, 5.41) is 9.55. The van der Waals surface area contributed by atoms with Gasteiger partial charge in [0, 0.05) is 5.56 Å². The molecule has 6 nitrogen and oxygen atoms in total. The van der Waals surface area contributed by atoms with E-state index in [4.69, 9.17) is 9.47 Å². The Kier molecular flexibility index (Phi) is 6.48. The summed E-state index contributed by atoms with van der Waals surface area (Å²) in [7, 11) is 2.96. The SMILES string of the molecule is COc1ccc(C(=O)CSc2nnc(NCC(F)(F)F)s2)cc1OC. The van der Waals surface area contributed by atoms with Gasteiger partial charge in [0.05, 0.1) is 20.0 Å². The molecule has 1 heterocycles. The van der Waals surface area contributed by atoms with E-state index in [2.05, 4.69) is 15.5 Å². The van der Waals surface area contributed by atoms with Gasteiger partial charge >= 0.3 is 6.18 Å². The zero-order valence-electron chi connectivity index (χ0n) is 13.2. The summed E-state index contributed by atoms with van der Waals surface area (Å²) in [5.41, 5.74) is 0.435. The highest BCUT2D eigenvalue weighted by Crippen LogP contribution is 2.30. The Morgan fingerprint density at radius 3 is 2.60 bits per heavy atom. The van der Waals surface area contributed by atoms with Gasteiger partial charge in [0.25, 0.3) is 0 Å². The van der Waals surface area contributed by atoms with Crippen LogP contribution in [0.1, 0.15) is 10.4 Å². The fraction of sp³-hybridized carbons (Fsp3) is 0.357. The van der Waals surface area contributed by atoms with Crippen molar-refractivity contribution in [3.63, 3.8) is 0 Å². The number of carbonyl (C=O) groups is 1. The van der Waals surface area contributed by atoms with Gasteiger partial charge in [0.1, 0.15) is 6.54 Å². The third-order valence-corrected chi connectivity index (χ3v) is 4.89. The van der Waals surface area contributed by atoms with Gasteiger partial charge in [-0.25, -0.2) is 0 Å². The fourth-order valence-electron chi connectivity index (χ4n) is 1.74. The lowest BCUT2D eigenvalue weighted by Crippen LogP contribution is -2.21. The zero-order valence-corrected chi connectivity index (χ0v) is 14.8. The van der Waals surface area contributed by atoms with E-state index in [0.29, 0.717) is 21.4 Å². The Balaban J connectivity index is 1.93. The number of hydrogen-bond acceptors (Lipinski definition) is 8. The monoisotopic (exact) mass is 393 g/mol. The van der Waals surface area contributed by atoms with Crippen LogP contribution in [-0.2, 0) is 0 Å². The number of halogens is 3. The Morgan fingerprint density at radius 1 is 1.24 bits per heavy atom. The Morgan fingerprint density at radius 2 is 1.96 bits per heavy atom. The third kappa shape index (κ3) is 5.78. The second-order valence-electron chi connectivity index (χ2n) is 4.62. The number of Topliss-reactive ketones (excluding diaryl/α,β-unsaturated/α-hetero) is 1. The van der Waals surface area contributed by atoms with Gasteiger partial charge in [-0.1, -0.05) is 23.1 Å². The van der Waals surface area contributed by atoms with Crippen LogP contribution in [0.5, 0.6) is 11.5 Å². The van der Waals surface area contributed by atoms with Gasteiger partial charge in [-0.05, 0) is 18.2 Å². The molecule has 2 rings (SSSR count). The average Bonchev–Trinajstić information content (AvgIpc) is 3.04. The van der Waals surface area contributed by atoms with E-state index in [1.54, 1.807) is 18.2 Å². The van der Waals surface area contributed by atoms with Crippen LogP contribution in [0.15, 0.2) is 22.5 Å². The molecule has 136 valence electrons. The van der Waals surface area contributed by atoms with E-state index >= 15 is 0 Å². The number of methoxy groups -OCH3 is 2. The highest BCUT2D eigenvalue weighted by atomic mass is 32.2. The largest absolute Gasteiger partial charge is 0.493 e. The van der Waals surface area contributed by atoms with Crippen LogP contribution < -0.4 is 14.8 Å². The maximum absolute atomic E-state index is 12.2. The van der Waals surface area contributed by atoms with E-state index in [0.717, 1.165) is 23.1 Å². The number of hydrogen-bond donors (Lipinski definition) is 1. The van der Waals surface area contributed by atoms with E-state index in [1.807, 2.05) is 0 Å². The maximum atomic E-state index is 12.2. The molecule has 25 heavy (non-hydrogen) atoms. The number of thioether (sulfide) groups is 1. The lowest BCUT2D eigenvalue weighted by molar-refractivity contribution is -0.115.